The van der Waals surface area contributed by atoms with Gasteiger partial charge in [-0.25, -0.2) is 0 Å². The second kappa shape index (κ2) is 7.04. The first kappa shape index (κ1) is 15.3. The molecule has 1 atom stereocenters. The molecule has 0 radical (unpaired) electrons. The smallest absolute Gasteiger partial charge is 0.250 e. The van der Waals surface area contributed by atoms with Gasteiger partial charge in [0.2, 0.25) is 0 Å². The minimum absolute atomic E-state index is 0.152. The standard InChI is InChI=1S/C16H27N3O/c1-4-17-14-7-5-8-15-13(14)9-10-16(20)19(15)12-6-11-18(2)3/h9-10,14,17H,4-8,11-12H2,1-3H3. The molecule has 0 aromatic carbocycles. The molecule has 1 aromatic rings. The highest BCUT2D eigenvalue weighted by Crippen LogP contribution is 2.28. The third-order valence-electron chi connectivity index (χ3n) is 4.05. The number of pyridine rings is 1. The summed E-state index contributed by atoms with van der Waals surface area (Å²) >= 11 is 0. The first-order valence-corrected chi connectivity index (χ1v) is 7.74. The van der Waals surface area contributed by atoms with Crippen molar-refractivity contribution < 1.29 is 0 Å². The molecule has 4 heteroatoms. The van der Waals surface area contributed by atoms with E-state index in [1.54, 1.807) is 6.07 Å². The average molecular weight is 277 g/mol. The Labute approximate surface area is 121 Å². The molecule has 2 rings (SSSR count). The number of nitrogens with one attached hydrogen (secondary N) is 1. The van der Waals surface area contributed by atoms with Gasteiger partial charge in [0.05, 0.1) is 0 Å². The molecule has 0 spiro atoms. The van der Waals surface area contributed by atoms with Crippen molar-refractivity contribution in [3.63, 3.8) is 0 Å². The van der Waals surface area contributed by atoms with Crippen molar-refractivity contribution in [3.05, 3.63) is 33.7 Å². The topological polar surface area (TPSA) is 37.3 Å². The summed E-state index contributed by atoms with van der Waals surface area (Å²) in [6.45, 7) is 4.97. The van der Waals surface area contributed by atoms with Gasteiger partial charge in [-0.15, -0.1) is 0 Å². The number of nitrogens with zero attached hydrogens (tertiary/aromatic N) is 2. The molecule has 1 N–H and O–H groups in total. The maximum Gasteiger partial charge on any atom is 0.250 e. The summed E-state index contributed by atoms with van der Waals surface area (Å²) in [5, 5.41) is 3.54. The highest BCUT2D eigenvalue weighted by Gasteiger charge is 2.22. The zero-order chi connectivity index (χ0) is 14.5. The summed E-state index contributed by atoms with van der Waals surface area (Å²) in [6.07, 6.45) is 4.41. The summed E-state index contributed by atoms with van der Waals surface area (Å²) in [4.78, 5) is 14.3. The quantitative estimate of drug-likeness (QED) is 0.861. The monoisotopic (exact) mass is 277 g/mol. The molecule has 1 heterocycles. The van der Waals surface area contributed by atoms with Crippen LogP contribution in [-0.2, 0) is 13.0 Å². The number of aromatic nitrogens is 1. The molecular weight excluding hydrogens is 250 g/mol. The van der Waals surface area contributed by atoms with Gasteiger partial charge in [0.25, 0.3) is 5.56 Å². The predicted molar refractivity (Wildman–Crippen MR) is 83.2 cm³/mol. The predicted octanol–water partition coefficient (Wildman–Crippen LogP) is 1.79. The van der Waals surface area contributed by atoms with Crippen molar-refractivity contribution in [2.75, 3.05) is 27.2 Å². The van der Waals surface area contributed by atoms with Gasteiger partial charge in [-0.1, -0.05) is 13.0 Å². The molecule has 1 aliphatic carbocycles. The number of hydrogen-bond acceptors (Lipinski definition) is 3. The van der Waals surface area contributed by atoms with Crippen molar-refractivity contribution in [2.24, 2.45) is 0 Å². The molecule has 0 bridgehead atoms. The molecule has 0 aliphatic heterocycles. The van der Waals surface area contributed by atoms with Gasteiger partial charge in [0.1, 0.15) is 0 Å². The number of hydrogen-bond donors (Lipinski definition) is 1. The van der Waals surface area contributed by atoms with Crippen molar-refractivity contribution in [1.82, 2.24) is 14.8 Å². The minimum Gasteiger partial charge on any atom is -0.312 e. The molecule has 1 aromatic heterocycles. The maximum absolute atomic E-state index is 12.2. The van der Waals surface area contributed by atoms with Crippen LogP contribution in [0.1, 0.15) is 43.5 Å². The van der Waals surface area contributed by atoms with Crippen LogP contribution in [0.5, 0.6) is 0 Å². The third-order valence-corrected chi connectivity index (χ3v) is 4.05. The van der Waals surface area contributed by atoms with E-state index < -0.39 is 0 Å². The average Bonchev–Trinajstić information content (AvgIpc) is 2.41. The molecule has 20 heavy (non-hydrogen) atoms. The van der Waals surface area contributed by atoms with E-state index in [0.29, 0.717) is 6.04 Å². The Bertz CT molecular complexity index is 493. The Balaban J connectivity index is 2.23. The fourth-order valence-corrected chi connectivity index (χ4v) is 3.11. The SMILES string of the molecule is CCNC1CCCc2c1ccc(=O)n2CCCN(C)C. The molecular formula is C16H27N3O. The highest BCUT2D eigenvalue weighted by atomic mass is 16.1. The lowest BCUT2D eigenvalue weighted by molar-refractivity contribution is 0.378. The lowest BCUT2D eigenvalue weighted by Gasteiger charge is -2.28. The third kappa shape index (κ3) is 3.49. The first-order chi connectivity index (χ1) is 9.63. The van der Waals surface area contributed by atoms with Crippen LogP contribution in [0.15, 0.2) is 16.9 Å². The Morgan fingerprint density at radius 3 is 2.90 bits per heavy atom. The van der Waals surface area contributed by atoms with E-state index in [0.717, 1.165) is 32.5 Å². The Hall–Kier alpha value is -1.13. The normalized spacial score (nSPS) is 18.3. The molecule has 4 nitrogen and oxygen atoms in total. The van der Waals surface area contributed by atoms with Crippen LogP contribution < -0.4 is 10.9 Å². The van der Waals surface area contributed by atoms with Crippen LogP contribution in [-0.4, -0.2) is 36.7 Å². The van der Waals surface area contributed by atoms with Gasteiger partial charge in [0.15, 0.2) is 0 Å². The van der Waals surface area contributed by atoms with E-state index in [2.05, 4.69) is 31.2 Å². The van der Waals surface area contributed by atoms with Crippen LogP contribution in [0.25, 0.3) is 0 Å². The molecule has 1 aliphatic rings. The molecule has 0 amide bonds. The van der Waals surface area contributed by atoms with Crippen LogP contribution in [0.4, 0.5) is 0 Å². The van der Waals surface area contributed by atoms with Gasteiger partial charge in [-0.2, -0.15) is 0 Å². The number of rotatable bonds is 6. The largest absolute Gasteiger partial charge is 0.312 e. The van der Waals surface area contributed by atoms with Crippen molar-refractivity contribution in [2.45, 2.75) is 45.2 Å². The lowest BCUT2D eigenvalue weighted by Crippen LogP contribution is -2.32. The van der Waals surface area contributed by atoms with Crippen LogP contribution in [0, 0.1) is 0 Å². The zero-order valence-corrected chi connectivity index (χ0v) is 13.0. The molecule has 112 valence electrons. The summed E-state index contributed by atoms with van der Waals surface area (Å²) in [6, 6.07) is 4.20. The molecule has 0 fully saturated rings. The van der Waals surface area contributed by atoms with Gasteiger partial charge in [-0.3, -0.25) is 4.79 Å². The summed E-state index contributed by atoms with van der Waals surface area (Å²) < 4.78 is 2.00. The van der Waals surface area contributed by atoms with Crippen molar-refractivity contribution in [1.29, 1.82) is 0 Å². The second-order valence-electron chi connectivity index (χ2n) is 5.88. The van der Waals surface area contributed by atoms with Gasteiger partial charge < -0.3 is 14.8 Å². The van der Waals surface area contributed by atoms with E-state index in [1.807, 2.05) is 10.6 Å². The molecule has 0 saturated carbocycles. The van der Waals surface area contributed by atoms with Gasteiger partial charge in [-0.05, 0) is 58.4 Å². The molecule has 1 unspecified atom stereocenters. The zero-order valence-electron chi connectivity index (χ0n) is 13.0. The van der Waals surface area contributed by atoms with E-state index in [4.69, 9.17) is 0 Å². The Morgan fingerprint density at radius 1 is 1.40 bits per heavy atom. The van der Waals surface area contributed by atoms with E-state index >= 15 is 0 Å². The fourth-order valence-electron chi connectivity index (χ4n) is 3.11. The summed E-state index contributed by atoms with van der Waals surface area (Å²) in [7, 11) is 4.15. The molecule has 0 saturated heterocycles. The first-order valence-electron chi connectivity index (χ1n) is 7.74. The Kier molecular flexibility index (Phi) is 5.38. The van der Waals surface area contributed by atoms with Gasteiger partial charge in [0, 0.05) is 24.3 Å². The minimum atomic E-state index is 0.152. The fraction of sp³-hybridized carbons (Fsp3) is 0.688. The lowest BCUT2D eigenvalue weighted by atomic mass is 9.91. The van der Waals surface area contributed by atoms with Crippen LogP contribution in [0.2, 0.25) is 0 Å². The Morgan fingerprint density at radius 2 is 2.20 bits per heavy atom. The van der Waals surface area contributed by atoms with Crippen molar-refractivity contribution in [3.8, 4) is 0 Å². The van der Waals surface area contributed by atoms with Crippen LogP contribution >= 0.6 is 0 Å². The maximum atomic E-state index is 12.2. The second-order valence-corrected chi connectivity index (χ2v) is 5.88. The van der Waals surface area contributed by atoms with Crippen molar-refractivity contribution >= 4 is 0 Å². The number of fused-ring (bicyclic) bond motifs is 1. The highest BCUT2D eigenvalue weighted by molar-refractivity contribution is 5.27. The van der Waals surface area contributed by atoms with Gasteiger partial charge >= 0.3 is 0 Å². The van der Waals surface area contributed by atoms with Crippen LogP contribution in [0.3, 0.4) is 0 Å². The van der Waals surface area contributed by atoms with E-state index in [9.17, 15) is 4.79 Å². The van der Waals surface area contributed by atoms with E-state index in [1.165, 1.54) is 24.1 Å². The van der Waals surface area contributed by atoms with E-state index in [-0.39, 0.29) is 5.56 Å². The summed E-state index contributed by atoms with van der Waals surface area (Å²) in [5.74, 6) is 0. The summed E-state index contributed by atoms with van der Waals surface area (Å²) in [5.41, 5.74) is 2.75.